The molecule has 1 saturated heterocycles. The fourth-order valence-corrected chi connectivity index (χ4v) is 10.4. The second kappa shape index (κ2) is 5.79. The predicted molar refractivity (Wildman–Crippen MR) is 108 cm³/mol. The first-order valence-electron chi connectivity index (χ1n) is 11.8. The van der Waals surface area contributed by atoms with E-state index in [-0.39, 0.29) is 35.3 Å². The van der Waals surface area contributed by atoms with Crippen molar-refractivity contribution in [2.75, 3.05) is 27.3 Å². The van der Waals surface area contributed by atoms with E-state index >= 15 is 0 Å². The van der Waals surface area contributed by atoms with E-state index < -0.39 is 40.8 Å². The molecule has 0 aromatic rings. The number of hydrogen-bond acceptors (Lipinski definition) is 7. The molecule has 0 amide bonds. The molecule has 0 aromatic heterocycles. The van der Waals surface area contributed by atoms with Crippen molar-refractivity contribution < 1.29 is 29.9 Å². The first kappa shape index (κ1) is 20.3. The lowest BCUT2D eigenvalue weighted by Gasteiger charge is -2.69. The summed E-state index contributed by atoms with van der Waals surface area (Å²) in [7, 11) is 3.26. The summed E-state index contributed by atoms with van der Waals surface area (Å²) in [5.74, 6) is -0.656. The van der Waals surface area contributed by atoms with Crippen LogP contribution in [0.3, 0.4) is 0 Å². The van der Waals surface area contributed by atoms with Gasteiger partial charge >= 0.3 is 0 Å². The molecule has 30 heavy (non-hydrogen) atoms. The first-order valence-corrected chi connectivity index (χ1v) is 11.8. The van der Waals surface area contributed by atoms with Gasteiger partial charge in [-0.15, -0.1) is 0 Å². The Morgan fingerprint density at radius 3 is 2.50 bits per heavy atom. The predicted octanol–water partition coefficient (Wildman–Crippen LogP) is -0.00960. The van der Waals surface area contributed by atoms with E-state index in [2.05, 4.69) is 18.7 Å². The third-order valence-corrected chi connectivity index (χ3v) is 11.0. The normalized spacial score (nSPS) is 65.8. The molecular formula is C23H37NO6. The van der Waals surface area contributed by atoms with Crippen molar-refractivity contribution in [1.82, 2.24) is 4.90 Å². The molecule has 6 fully saturated rings. The lowest BCUT2D eigenvalue weighted by Crippen LogP contribution is -2.81. The quantitative estimate of drug-likeness (QED) is 0.506. The van der Waals surface area contributed by atoms with Crippen LogP contribution in [-0.2, 0) is 9.47 Å². The average molecular weight is 424 g/mol. The Morgan fingerprint density at radius 1 is 1.13 bits per heavy atom. The Balaban J connectivity index is 1.68. The van der Waals surface area contributed by atoms with E-state index in [1.807, 2.05) is 0 Å². The van der Waals surface area contributed by atoms with E-state index in [1.54, 1.807) is 14.2 Å². The molecule has 5 aliphatic carbocycles. The van der Waals surface area contributed by atoms with Crippen molar-refractivity contribution in [3.05, 3.63) is 0 Å². The Hall–Kier alpha value is -0.280. The molecule has 1 spiro atoms. The summed E-state index contributed by atoms with van der Waals surface area (Å²) in [5, 5.41) is 48.1. The number of likely N-dealkylation sites (tertiary alicyclic amines) is 1. The van der Waals surface area contributed by atoms with Crippen molar-refractivity contribution >= 4 is 0 Å². The molecule has 6 rings (SSSR count). The second-order valence-electron chi connectivity index (χ2n) is 11.6. The number of likely N-dealkylation sites (N-methyl/N-ethyl adjacent to an activating group) is 1. The van der Waals surface area contributed by atoms with Gasteiger partial charge in [0.2, 0.25) is 0 Å². The molecule has 0 unspecified atom stereocenters. The SMILES string of the molecule is CCN1C[C@]2(C)CC[C@H](O)[C@@]34[C@@H]5C[C@H]6[C@H](O)[C@@H]5[C@](O)(C[C@@H]6OC)[C@](O)([C@@H](OC)[C@H]23)[C@@H]14. The highest BCUT2D eigenvalue weighted by Gasteiger charge is 2.90. The van der Waals surface area contributed by atoms with Gasteiger partial charge < -0.3 is 29.9 Å². The van der Waals surface area contributed by atoms with Crippen LogP contribution in [0.4, 0.5) is 0 Å². The van der Waals surface area contributed by atoms with Crippen molar-refractivity contribution in [3.8, 4) is 0 Å². The maximum Gasteiger partial charge on any atom is 0.136 e. The van der Waals surface area contributed by atoms with E-state index in [1.165, 1.54) is 0 Å². The van der Waals surface area contributed by atoms with Crippen LogP contribution in [0.2, 0.25) is 0 Å². The molecule has 4 N–H and O–H groups in total. The maximum absolute atomic E-state index is 12.7. The summed E-state index contributed by atoms with van der Waals surface area (Å²) in [4.78, 5) is 2.31. The summed E-state index contributed by atoms with van der Waals surface area (Å²) in [6.45, 7) is 5.96. The minimum absolute atomic E-state index is 0.0527. The Labute approximate surface area is 178 Å². The van der Waals surface area contributed by atoms with Gasteiger partial charge in [0.15, 0.2) is 0 Å². The lowest BCUT2D eigenvalue weighted by atomic mass is 9.43. The first-order chi connectivity index (χ1) is 14.2. The molecule has 1 heterocycles. The number of ether oxygens (including phenoxy) is 2. The van der Waals surface area contributed by atoms with Gasteiger partial charge in [0, 0.05) is 50.4 Å². The highest BCUT2D eigenvalue weighted by Crippen LogP contribution is 2.80. The monoisotopic (exact) mass is 423 g/mol. The molecule has 0 radical (unpaired) electrons. The Morgan fingerprint density at radius 2 is 1.87 bits per heavy atom. The number of fused-ring (bicyclic) bond motifs is 2. The summed E-state index contributed by atoms with van der Waals surface area (Å²) in [6.07, 6.45) is 0.370. The number of hydrogen-bond donors (Lipinski definition) is 4. The van der Waals surface area contributed by atoms with Gasteiger partial charge in [-0.05, 0) is 37.1 Å². The molecule has 6 aliphatic rings. The zero-order valence-corrected chi connectivity index (χ0v) is 18.5. The fourth-order valence-electron chi connectivity index (χ4n) is 10.4. The number of aliphatic hydroxyl groups excluding tert-OH is 2. The van der Waals surface area contributed by atoms with Gasteiger partial charge in [-0.1, -0.05) is 13.8 Å². The smallest absolute Gasteiger partial charge is 0.136 e. The van der Waals surface area contributed by atoms with Crippen molar-refractivity contribution in [2.45, 2.75) is 81.2 Å². The van der Waals surface area contributed by atoms with Crippen LogP contribution in [0, 0.1) is 34.5 Å². The van der Waals surface area contributed by atoms with Crippen LogP contribution < -0.4 is 0 Å². The topological polar surface area (TPSA) is 103 Å². The van der Waals surface area contributed by atoms with Crippen LogP contribution in [0.5, 0.6) is 0 Å². The van der Waals surface area contributed by atoms with E-state index in [0.29, 0.717) is 12.8 Å². The lowest BCUT2D eigenvalue weighted by molar-refractivity contribution is -0.315. The standard InChI is InChI=1S/C23H37NO6/c1-5-24-10-20(2)7-6-14(25)22-12-8-11-13(29-3)9-21(27,15(12)16(11)26)23(28,19(22)24)18(30-4)17(20)22/h11-19,25-28H,5-10H2,1-4H3/t11-,12-,13+,14+,15-,16+,17-,18+,19+,20+,21-,22+,23+/m1/s1. The van der Waals surface area contributed by atoms with Gasteiger partial charge in [0.25, 0.3) is 0 Å². The van der Waals surface area contributed by atoms with Crippen LogP contribution in [0.1, 0.15) is 39.5 Å². The Kier molecular flexibility index (Phi) is 3.93. The van der Waals surface area contributed by atoms with E-state index in [4.69, 9.17) is 9.47 Å². The van der Waals surface area contributed by atoms with Gasteiger partial charge in [0.1, 0.15) is 11.2 Å². The molecule has 1 aliphatic heterocycles. The third kappa shape index (κ3) is 1.74. The number of aliphatic hydroxyl groups is 4. The second-order valence-corrected chi connectivity index (χ2v) is 11.6. The minimum atomic E-state index is -1.57. The molecule has 7 bridgehead atoms. The van der Waals surface area contributed by atoms with Crippen molar-refractivity contribution in [1.29, 1.82) is 0 Å². The number of methoxy groups -OCH3 is 2. The summed E-state index contributed by atoms with van der Waals surface area (Å²) in [6, 6.07) is -0.388. The highest BCUT2D eigenvalue weighted by molar-refractivity contribution is 5.40. The van der Waals surface area contributed by atoms with Gasteiger partial charge in [-0.3, -0.25) is 4.90 Å². The number of nitrogens with zero attached hydrogens (tertiary/aromatic N) is 1. The molecule has 0 aromatic carbocycles. The van der Waals surface area contributed by atoms with Gasteiger partial charge in [-0.2, -0.15) is 0 Å². The summed E-state index contributed by atoms with van der Waals surface area (Å²) in [5.41, 5.74) is -3.79. The number of rotatable bonds is 3. The zero-order valence-electron chi connectivity index (χ0n) is 18.5. The van der Waals surface area contributed by atoms with E-state index in [9.17, 15) is 20.4 Å². The summed E-state index contributed by atoms with van der Waals surface area (Å²) >= 11 is 0. The van der Waals surface area contributed by atoms with Crippen molar-refractivity contribution in [3.63, 3.8) is 0 Å². The highest BCUT2D eigenvalue weighted by atomic mass is 16.5. The van der Waals surface area contributed by atoms with Gasteiger partial charge in [0.05, 0.1) is 30.5 Å². The van der Waals surface area contributed by atoms with E-state index in [0.717, 1.165) is 25.9 Å². The van der Waals surface area contributed by atoms with Crippen LogP contribution in [0.15, 0.2) is 0 Å². The third-order valence-electron chi connectivity index (χ3n) is 11.0. The molecule has 7 heteroatoms. The maximum atomic E-state index is 12.7. The van der Waals surface area contributed by atoms with Crippen LogP contribution in [0.25, 0.3) is 0 Å². The summed E-state index contributed by atoms with van der Waals surface area (Å²) < 4.78 is 11.8. The largest absolute Gasteiger partial charge is 0.392 e. The fraction of sp³-hybridized carbons (Fsp3) is 1.00. The van der Waals surface area contributed by atoms with Crippen LogP contribution in [-0.4, -0.2) is 94.3 Å². The Bertz CT molecular complexity index is 766. The van der Waals surface area contributed by atoms with Crippen LogP contribution >= 0.6 is 0 Å². The molecule has 7 nitrogen and oxygen atoms in total. The average Bonchev–Trinajstić information content (AvgIpc) is 3.09. The number of piperidine rings is 1. The molecule has 5 saturated carbocycles. The molecule has 170 valence electrons. The zero-order chi connectivity index (χ0) is 21.4. The molecular weight excluding hydrogens is 386 g/mol. The molecule has 13 atom stereocenters. The minimum Gasteiger partial charge on any atom is -0.392 e. The van der Waals surface area contributed by atoms with Gasteiger partial charge in [-0.25, -0.2) is 0 Å². The van der Waals surface area contributed by atoms with Crippen molar-refractivity contribution in [2.24, 2.45) is 34.5 Å².